The average Bonchev–Trinajstić information content (AvgIpc) is 3.18. The van der Waals surface area contributed by atoms with Crippen molar-refractivity contribution in [2.75, 3.05) is 6.79 Å². The number of rotatable bonds is 2. The second kappa shape index (κ2) is 4.93. The van der Waals surface area contributed by atoms with E-state index in [-0.39, 0.29) is 42.3 Å². The summed E-state index contributed by atoms with van der Waals surface area (Å²) in [5, 5.41) is 5.25. The molecule has 6 nitrogen and oxygen atoms in total. The standard InChI is InChI=1S/C18H16N2O4/c21-17-15-11-2-3-12(5-4-11)16(15)18(22)20(17)19-8-10-1-6-13-14(7-10)24-9-23-13/h1-3,6-8,11-12,15-16H,4-5,9H2/b19-8-/t11-,12-,15-,16+/m1/s1. The number of carbonyl (C=O) groups excluding carboxylic acids is 2. The monoisotopic (exact) mass is 324 g/mol. The first kappa shape index (κ1) is 13.8. The molecule has 2 bridgehead atoms. The molecule has 0 spiro atoms. The molecule has 1 saturated carbocycles. The van der Waals surface area contributed by atoms with Crippen LogP contribution in [0.4, 0.5) is 0 Å². The minimum absolute atomic E-state index is 0.166. The minimum atomic E-state index is -0.227. The summed E-state index contributed by atoms with van der Waals surface area (Å²) in [7, 11) is 0. The van der Waals surface area contributed by atoms with Crippen molar-refractivity contribution in [1.82, 2.24) is 5.01 Å². The van der Waals surface area contributed by atoms with Crippen LogP contribution in [0.25, 0.3) is 0 Å². The molecule has 2 heterocycles. The van der Waals surface area contributed by atoms with Gasteiger partial charge in [-0.2, -0.15) is 10.1 Å². The third-order valence-corrected chi connectivity index (χ3v) is 5.45. The van der Waals surface area contributed by atoms with Crippen molar-refractivity contribution in [3.63, 3.8) is 0 Å². The Morgan fingerprint density at radius 2 is 1.67 bits per heavy atom. The van der Waals surface area contributed by atoms with Crippen molar-refractivity contribution < 1.29 is 19.1 Å². The van der Waals surface area contributed by atoms with E-state index in [2.05, 4.69) is 17.3 Å². The van der Waals surface area contributed by atoms with E-state index in [0.717, 1.165) is 23.4 Å². The van der Waals surface area contributed by atoms with Gasteiger partial charge in [0.15, 0.2) is 11.5 Å². The molecule has 3 aliphatic carbocycles. The molecule has 122 valence electrons. The topological polar surface area (TPSA) is 68.2 Å². The van der Waals surface area contributed by atoms with E-state index in [1.807, 2.05) is 6.07 Å². The Balaban J connectivity index is 1.42. The fraction of sp³-hybridized carbons (Fsp3) is 0.389. The molecule has 4 atom stereocenters. The van der Waals surface area contributed by atoms with Gasteiger partial charge in [-0.15, -0.1) is 0 Å². The van der Waals surface area contributed by atoms with Crippen LogP contribution in [0.2, 0.25) is 0 Å². The van der Waals surface area contributed by atoms with Gasteiger partial charge >= 0.3 is 0 Å². The number of hydrazone groups is 1. The number of hydrogen-bond acceptors (Lipinski definition) is 5. The maximum atomic E-state index is 12.7. The molecule has 5 aliphatic rings. The molecule has 0 N–H and O–H groups in total. The molecule has 24 heavy (non-hydrogen) atoms. The Labute approximate surface area is 138 Å². The molecular weight excluding hydrogens is 308 g/mol. The van der Waals surface area contributed by atoms with Crippen molar-refractivity contribution in [2.45, 2.75) is 12.8 Å². The third kappa shape index (κ3) is 1.85. The van der Waals surface area contributed by atoms with Gasteiger partial charge in [-0.05, 0) is 48.4 Å². The van der Waals surface area contributed by atoms with Crippen LogP contribution >= 0.6 is 0 Å². The van der Waals surface area contributed by atoms with E-state index in [1.165, 1.54) is 6.21 Å². The third-order valence-electron chi connectivity index (χ3n) is 5.45. The molecule has 1 saturated heterocycles. The first-order valence-electron chi connectivity index (χ1n) is 8.22. The maximum Gasteiger partial charge on any atom is 0.254 e. The van der Waals surface area contributed by atoms with Crippen LogP contribution in [-0.4, -0.2) is 29.8 Å². The normalized spacial score (nSPS) is 32.9. The Bertz CT molecular complexity index is 768. The lowest BCUT2D eigenvalue weighted by Gasteiger charge is -2.37. The zero-order chi connectivity index (χ0) is 16.3. The molecule has 6 rings (SSSR count). The number of nitrogens with zero attached hydrogens (tertiary/aromatic N) is 2. The van der Waals surface area contributed by atoms with Crippen LogP contribution in [0, 0.1) is 23.7 Å². The molecule has 0 aromatic heterocycles. The summed E-state index contributed by atoms with van der Waals surface area (Å²) in [4.78, 5) is 25.3. The summed E-state index contributed by atoms with van der Waals surface area (Å²) in [6.45, 7) is 0.207. The number of carbonyl (C=O) groups is 2. The second-order valence-electron chi connectivity index (χ2n) is 6.69. The number of imide groups is 1. The van der Waals surface area contributed by atoms with Crippen LogP contribution in [0.1, 0.15) is 18.4 Å². The molecular formula is C18H16N2O4. The van der Waals surface area contributed by atoms with Gasteiger partial charge in [0.1, 0.15) is 0 Å². The lowest BCUT2D eigenvalue weighted by Crippen LogP contribution is -2.38. The summed E-state index contributed by atoms with van der Waals surface area (Å²) in [6.07, 6.45) is 7.71. The highest BCUT2D eigenvalue weighted by molar-refractivity contribution is 6.06. The fourth-order valence-corrected chi connectivity index (χ4v) is 4.29. The van der Waals surface area contributed by atoms with Crippen molar-refractivity contribution in [1.29, 1.82) is 0 Å². The summed E-state index contributed by atoms with van der Waals surface area (Å²) < 4.78 is 10.6. The SMILES string of the molecule is O=C1[C@@H]2[C@H](C(=O)N1/N=C\c1ccc3c(c1)OCO3)[C@@H]1C=C[C@@H]2CC1. The highest BCUT2D eigenvalue weighted by atomic mass is 16.7. The molecule has 1 aromatic rings. The predicted molar refractivity (Wildman–Crippen MR) is 84.3 cm³/mol. The molecule has 6 heteroatoms. The smallest absolute Gasteiger partial charge is 0.254 e. The molecule has 0 unspecified atom stereocenters. The maximum absolute atomic E-state index is 12.7. The lowest BCUT2D eigenvalue weighted by atomic mass is 9.63. The van der Waals surface area contributed by atoms with E-state index in [0.29, 0.717) is 11.5 Å². The average molecular weight is 324 g/mol. The van der Waals surface area contributed by atoms with Gasteiger partial charge in [0.05, 0.1) is 18.1 Å². The largest absolute Gasteiger partial charge is 0.454 e. The number of allylic oxidation sites excluding steroid dienone is 2. The van der Waals surface area contributed by atoms with Crippen molar-refractivity contribution >= 4 is 18.0 Å². The zero-order valence-corrected chi connectivity index (χ0v) is 12.9. The zero-order valence-electron chi connectivity index (χ0n) is 12.9. The van der Waals surface area contributed by atoms with Crippen molar-refractivity contribution in [3.8, 4) is 11.5 Å². The Morgan fingerprint density at radius 1 is 1.00 bits per heavy atom. The molecule has 2 amide bonds. The van der Waals surface area contributed by atoms with E-state index in [9.17, 15) is 9.59 Å². The lowest BCUT2D eigenvalue weighted by molar-refractivity contribution is -0.140. The van der Waals surface area contributed by atoms with Gasteiger partial charge in [-0.25, -0.2) is 0 Å². The van der Waals surface area contributed by atoms with Crippen LogP contribution in [-0.2, 0) is 9.59 Å². The Hall–Kier alpha value is -2.63. The molecule has 2 aliphatic heterocycles. The van der Waals surface area contributed by atoms with E-state index < -0.39 is 0 Å². The van der Waals surface area contributed by atoms with Crippen molar-refractivity contribution in [2.24, 2.45) is 28.8 Å². The summed E-state index contributed by atoms with van der Waals surface area (Å²) in [6, 6.07) is 5.40. The van der Waals surface area contributed by atoms with Gasteiger partial charge in [0, 0.05) is 0 Å². The summed E-state index contributed by atoms with van der Waals surface area (Å²) in [5.41, 5.74) is 0.760. The van der Waals surface area contributed by atoms with E-state index in [4.69, 9.17) is 9.47 Å². The number of hydrogen-bond donors (Lipinski definition) is 0. The highest BCUT2D eigenvalue weighted by Gasteiger charge is 2.56. The van der Waals surface area contributed by atoms with E-state index >= 15 is 0 Å². The Morgan fingerprint density at radius 3 is 2.33 bits per heavy atom. The first-order valence-corrected chi connectivity index (χ1v) is 8.22. The number of ether oxygens (including phenoxy) is 2. The number of benzene rings is 1. The predicted octanol–water partition coefficient (Wildman–Crippen LogP) is 1.95. The van der Waals surface area contributed by atoms with Crippen molar-refractivity contribution in [3.05, 3.63) is 35.9 Å². The van der Waals surface area contributed by atoms with Gasteiger partial charge < -0.3 is 9.47 Å². The van der Waals surface area contributed by atoms with Gasteiger partial charge in [0.2, 0.25) is 6.79 Å². The van der Waals surface area contributed by atoms with Crippen LogP contribution in [0.15, 0.2) is 35.5 Å². The minimum Gasteiger partial charge on any atom is -0.454 e. The van der Waals surface area contributed by atoms with Crippen LogP contribution in [0.3, 0.4) is 0 Å². The second-order valence-corrected chi connectivity index (χ2v) is 6.69. The van der Waals surface area contributed by atoms with Gasteiger partial charge in [-0.1, -0.05) is 12.2 Å². The molecule has 0 radical (unpaired) electrons. The van der Waals surface area contributed by atoms with E-state index in [1.54, 1.807) is 12.1 Å². The molecule has 1 aromatic carbocycles. The highest BCUT2D eigenvalue weighted by Crippen LogP contribution is 2.49. The van der Waals surface area contributed by atoms with Gasteiger partial charge in [-0.3, -0.25) is 9.59 Å². The summed E-state index contributed by atoms with van der Waals surface area (Å²) in [5.74, 6) is 0.917. The Kier molecular flexibility index (Phi) is 2.83. The molecule has 2 fully saturated rings. The quantitative estimate of drug-likeness (QED) is 0.474. The van der Waals surface area contributed by atoms with Gasteiger partial charge in [0.25, 0.3) is 11.8 Å². The number of amides is 2. The summed E-state index contributed by atoms with van der Waals surface area (Å²) >= 11 is 0. The van der Waals surface area contributed by atoms with Crippen LogP contribution < -0.4 is 9.47 Å². The number of fused-ring (bicyclic) bond motifs is 2. The fourth-order valence-electron chi connectivity index (χ4n) is 4.29. The first-order chi connectivity index (χ1) is 11.7. The van der Waals surface area contributed by atoms with Crippen LogP contribution in [0.5, 0.6) is 11.5 Å².